The van der Waals surface area contributed by atoms with E-state index in [0.29, 0.717) is 5.92 Å². The van der Waals surface area contributed by atoms with Crippen LogP contribution in [-0.2, 0) is 9.53 Å². The summed E-state index contributed by atoms with van der Waals surface area (Å²) in [5, 5.41) is 3.28. The lowest BCUT2D eigenvalue weighted by Crippen LogP contribution is -2.53. The molecule has 3 nitrogen and oxygen atoms in total. The van der Waals surface area contributed by atoms with Crippen LogP contribution in [0.3, 0.4) is 0 Å². The third-order valence-electron chi connectivity index (χ3n) is 3.60. The van der Waals surface area contributed by atoms with Crippen molar-refractivity contribution in [2.45, 2.75) is 59.6 Å². The van der Waals surface area contributed by atoms with Crippen molar-refractivity contribution >= 4 is 5.97 Å². The van der Waals surface area contributed by atoms with E-state index in [9.17, 15) is 4.79 Å². The lowest BCUT2D eigenvalue weighted by Gasteiger charge is -2.38. The maximum Gasteiger partial charge on any atom is 0.323 e. The Morgan fingerprint density at radius 3 is 2.50 bits per heavy atom. The molecule has 3 heteroatoms. The van der Waals surface area contributed by atoms with Crippen LogP contribution in [0.2, 0.25) is 0 Å². The Bertz CT molecular complexity index is 248. The summed E-state index contributed by atoms with van der Waals surface area (Å²) in [6.45, 7) is 11.3. The number of carbonyl (C=O) groups excluding carboxylic acids is 1. The lowest BCUT2D eigenvalue weighted by molar-refractivity contribution is -0.157. The first-order valence-electron chi connectivity index (χ1n) is 6.28. The van der Waals surface area contributed by atoms with Crippen LogP contribution in [0.25, 0.3) is 0 Å². The number of ether oxygens (including phenoxy) is 1. The average molecular weight is 227 g/mol. The molecule has 1 N–H and O–H groups in total. The fraction of sp³-hybridized carbons (Fsp3) is 0.923. The molecular formula is C13H25NO2. The summed E-state index contributed by atoms with van der Waals surface area (Å²) < 4.78 is 5.49. The molecule has 1 rings (SSSR count). The molecule has 1 saturated heterocycles. The van der Waals surface area contributed by atoms with E-state index < -0.39 is 0 Å². The molecule has 0 aromatic heterocycles. The third kappa shape index (κ3) is 3.21. The summed E-state index contributed by atoms with van der Waals surface area (Å²) in [5.41, 5.74) is 0.00598. The Hall–Kier alpha value is -0.570. The SMILES string of the molecule is CC(C)C(C)OC(=O)C1NCCCC1(C)C. The summed E-state index contributed by atoms with van der Waals surface area (Å²) in [5.74, 6) is 0.279. The van der Waals surface area contributed by atoms with Gasteiger partial charge < -0.3 is 10.1 Å². The highest BCUT2D eigenvalue weighted by Crippen LogP contribution is 2.31. The Kier molecular flexibility index (Phi) is 4.36. The van der Waals surface area contributed by atoms with Crippen molar-refractivity contribution in [3.8, 4) is 0 Å². The van der Waals surface area contributed by atoms with Gasteiger partial charge in [0, 0.05) is 0 Å². The number of hydrogen-bond donors (Lipinski definition) is 1. The van der Waals surface area contributed by atoms with E-state index in [1.165, 1.54) is 0 Å². The van der Waals surface area contributed by atoms with Crippen molar-refractivity contribution in [1.29, 1.82) is 0 Å². The first kappa shape index (κ1) is 13.5. The normalized spacial score (nSPS) is 26.5. The van der Waals surface area contributed by atoms with E-state index in [1.807, 2.05) is 6.92 Å². The van der Waals surface area contributed by atoms with E-state index in [2.05, 4.69) is 33.0 Å². The first-order valence-corrected chi connectivity index (χ1v) is 6.28. The number of esters is 1. The number of nitrogens with one attached hydrogen (secondary N) is 1. The van der Waals surface area contributed by atoms with Gasteiger partial charge in [-0.25, -0.2) is 0 Å². The molecule has 0 amide bonds. The zero-order valence-corrected chi connectivity index (χ0v) is 11.2. The summed E-state index contributed by atoms with van der Waals surface area (Å²) >= 11 is 0. The predicted molar refractivity (Wildman–Crippen MR) is 65.2 cm³/mol. The number of hydrogen-bond acceptors (Lipinski definition) is 3. The van der Waals surface area contributed by atoms with Gasteiger partial charge in [0.05, 0.1) is 0 Å². The van der Waals surface area contributed by atoms with E-state index in [1.54, 1.807) is 0 Å². The van der Waals surface area contributed by atoms with Crippen LogP contribution in [0.4, 0.5) is 0 Å². The largest absolute Gasteiger partial charge is 0.461 e. The van der Waals surface area contributed by atoms with Crippen molar-refractivity contribution < 1.29 is 9.53 Å². The summed E-state index contributed by atoms with van der Waals surface area (Å²) in [6.07, 6.45) is 2.21. The Labute approximate surface area is 98.9 Å². The second kappa shape index (κ2) is 5.17. The molecule has 1 fully saturated rings. The molecule has 1 aliphatic rings. The van der Waals surface area contributed by atoms with Gasteiger partial charge in [-0.15, -0.1) is 0 Å². The van der Waals surface area contributed by atoms with Gasteiger partial charge in [-0.1, -0.05) is 27.7 Å². The van der Waals surface area contributed by atoms with Crippen LogP contribution < -0.4 is 5.32 Å². The molecule has 2 unspecified atom stereocenters. The Morgan fingerprint density at radius 2 is 2.00 bits per heavy atom. The Balaban J connectivity index is 2.58. The topological polar surface area (TPSA) is 38.3 Å². The van der Waals surface area contributed by atoms with E-state index in [4.69, 9.17) is 4.74 Å². The molecule has 94 valence electrons. The third-order valence-corrected chi connectivity index (χ3v) is 3.60. The van der Waals surface area contributed by atoms with E-state index in [0.717, 1.165) is 19.4 Å². The van der Waals surface area contributed by atoms with Crippen molar-refractivity contribution in [3.63, 3.8) is 0 Å². The maximum absolute atomic E-state index is 12.0. The standard InChI is InChI=1S/C13H25NO2/c1-9(2)10(3)16-12(15)11-13(4,5)7-6-8-14-11/h9-11,14H,6-8H2,1-5H3. The molecule has 2 atom stereocenters. The number of rotatable bonds is 3. The second-order valence-corrected chi connectivity index (χ2v) is 5.87. The van der Waals surface area contributed by atoms with Gasteiger partial charge in [-0.2, -0.15) is 0 Å². The van der Waals surface area contributed by atoms with Gasteiger partial charge in [0.1, 0.15) is 12.1 Å². The highest BCUT2D eigenvalue weighted by molar-refractivity contribution is 5.77. The number of carbonyl (C=O) groups is 1. The van der Waals surface area contributed by atoms with Crippen molar-refractivity contribution in [2.75, 3.05) is 6.54 Å². The lowest BCUT2D eigenvalue weighted by atomic mass is 9.77. The van der Waals surface area contributed by atoms with Gasteiger partial charge in [0.15, 0.2) is 0 Å². The molecule has 1 aliphatic heterocycles. The fourth-order valence-corrected chi connectivity index (χ4v) is 2.00. The smallest absolute Gasteiger partial charge is 0.323 e. The van der Waals surface area contributed by atoms with Gasteiger partial charge in [0.25, 0.3) is 0 Å². The quantitative estimate of drug-likeness (QED) is 0.752. The Morgan fingerprint density at radius 1 is 1.38 bits per heavy atom. The molecule has 0 saturated carbocycles. The van der Waals surface area contributed by atoms with Gasteiger partial charge in [-0.3, -0.25) is 4.79 Å². The fourth-order valence-electron chi connectivity index (χ4n) is 2.00. The molecule has 0 aliphatic carbocycles. The molecular weight excluding hydrogens is 202 g/mol. The van der Waals surface area contributed by atoms with E-state index in [-0.39, 0.29) is 23.5 Å². The van der Waals surface area contributed by atoms with Crippen LogP contribution in [0.15, 0.2) is 0 Å². The van der Waals surface area contributed by atoms with Crippen molar-refractivity contribution in [2.24, 2.45) is 11.3 Å². The van der Waals surface area contributed by atoms with Crippen LogP contribution in [0.1, 0.15) is 47.5 Å². The van der Waals surface area contributed by atoms with Crippen LogP contribution >= 0.6 is 0 Å². The van der Waals surface area contributed by atoms with Crippen LogP contribution in [0, 0.1) is 11.3 Å². The van der Waals surface area contributed by atoms with Crippen LogP contribution in [-0.4, -0.2) is 24.7 Å². The van der Waals surface area contributed by atoms with Gasteiger partial charge >= 0.3 is 5.97 Å². The monoisotopic (exact) mass is 227 g/mol. The zero-order valence-electron chi connectivity index (χ0n) is 11.2. The molecule has 1 heterocycles. The molecule has 0 spiro atoms. The highest BCUT2D eigenvalue weighted by Gasteiger charge is 2.38. The van der Waals surface area contributed by atoms with E-state index >= 15 is 0 Å². The molecule has 0 aromatic rings. The minimum Gasteiger partial charge on any atom is -0.461 e. The van der Waals surface area contributed by atoms with Crippen molar-refractivity contribution in [1.82, 2.24) is 5.32 Å². The van der Waals surface area contributed by atoms with Crippen molar-refractivity contribution in [3.05, 3.63) is 0 Å². The second-order valence-electron chi connectivity index (χ2n) is 5.87. The molecule has 0 bridgehead atoms. The summed E-state index contributed by atoms with van der Waals surface area (Å²) in [4.78, 5) is 12.0. The maximum atomic E-state index is 12.0. The molecule has 16 heavy (non-hydrogen) atoms. The summed E-state index contributed by atoms with van der Waals surface area (Å²) in [6, 6.07) is -0.151. The minimum atomic E-state index is -0.151. The number of piperidine rings is 1. The van der Waals surface area contributed by atoms with Crippen LogP contribution in [0.5, 0.6) is 0 Å². The predicted octanol–water partition coefficient (Wildman–Crippen LogP) is 2.35. The highest BCUT2D eigenvalue weighted by atomic mass is 16.5. The minimum absolute atomic E-state index is 0.00598. The average Bonchev–Trinajstić information content (AvgIpc) is 2.16. The summed E-state index contributed by atoms with van der Waals surface area (Å²) in [7, 11) is 0. The van der Waals surface area contributed by atoms with Gasteiger partial charge in [-0.05, 0) is 37.6 Å². The first-order chi connectivity index (χ1) is 7.34. The molecule has 0 aromatic carbocycles. The zero-order chi connectivity index (χ0) is 12.3. The van der Waals surface area contributed by atoms with Gasteiger partial charge in [0.2, 0.25) is 0 Å². The molecule has 0 radical (unpaired) electrons.